The first-order valence-electron chi connectivity index (χ1n) is 8.49. The molecular formula is C18H27IN4O2. The number of fused-ring (bicyclic) bond motifs is 1. The number of nitrogens with one attached hydrogen (secondary N) is 2. The summed E-state index contributed by atoms with van der Waals surface area (Å²) in [4.78, 5) is 6.67. The Kier molecular flexibility index (Phi) is 7.98. The van der Waals surface area contributed by atoms with E-state index in [-0.39, 0.29) is 24.0 Å². The lowest BCUT2D eigenvalue weighted by Crippen LogP contribution is -2.44. The van der Waals surface area contributed by atoms with Crippen molar-refractivity contribution in [1.82, 2.24) is 15.5 Å². The highest BCUT2D eigenvalue weighted by Crippen LogP contribution is 2.24. The molecule has 1 saturated heterocycles. The highest BCUT2D eigenvalue weighted by molar-refractivity contribution is 14.0. The molecule has 25 heavy (non-hydrogen) atoms. The van der Waals surface area contributed by atoms with Crippen LogP contribution in [0.1, 0.15) is 11.3 Å². The second kappa shape index (κ2) is 9.98. The molecule has 0 aliphatic carbocycles. The van der Waals surface area contributed by atoms with Crippen molar-refractivity contribution in [1.29, 1.82) is 0 Å². The Morgan fingerprint density at radius 2 is 1.96 bits per heavy atom. The first-order chi connectivity index (χ1) is 11.8. The van der Waals surface area contributed by atoms with Crippen molar-refractivity contribution in [3.8, 4) is 0 Å². The Bertz CT molecular complexity index is 695. The molecule has 6 nitrogen and oxygen atoms in total. The Hall–Kier alpha value is -1.32. The van der Waals surface area contributed by atoms with E-state index < -0.39 is 0 Å². The van der Waals surface area contributed by atoms with Crippen molar-refractivity contribution < 1.29 is 9.15 Å². The van der Waals surface area contributed by atoms with Gasteiger partial charge in [-0.3, -0.25) is 9.89 Å². The largest absolute Gasteiger partial charge is 0.459 e. The highest BCUT2D eigenvalue weighted by Gasteiger charge is 2.11. The third-order valence-corrected chi connectivity index (χ3v) is 4.41. The highest BCUT2D eigenvalue weighted by atomic mass is 127. The summed E-state index contributed by atoms with van der Waals surface area (Å²) in [6.07, 6.45) is 0. The van der Waals surface area contributed by atoms with Crippen molar-refractivity contribution in [2.45, 2.75) is 13.5 Å². The fraction of sp³-hybridized carbons (Fsp3) is 0.500. The number of hydrogen-bond donors (Lipinski definition) is 2. The van der Waals surface area contributed by atoms with Crippen molar-refractivity contribution in [2.75, 3.05) is 46.4 Å². The maximum atomic E-state index is 5.93. The molecule has 0 radical (unpaired) electrons. The van der Waals surface area contributed by atoms with Crippen LogP contribution in [0.15, 0.2) is 33.7 Å². The molecule has 0 unspecified atom stereocenters. The molecule has 1 fully saturated rings. The van der Waals surface area contributed by atoms with Crippen LogP contribution in [0.2, 0.25) is 0 Å². The molecule has 0 saturated carbocycles. The molecule has 1 aromatic carbocycles. The molecule has 2 aromatic rings. The van der Waals surface area contributed by atoms with E-state index in [0.29, 0.717) is 6.54 Å². The summed E-state index contributed by atoms with van der Waals surface area (Å²) in [5, 5.41) is 7.85. The Labute approximate surface area is 166 Å². The molecule has 1 aliphatic rings. The number of guanidine groups is 1. The number of rotatable bonds is 5. The first-order valence-corrected chi connectivity index (χ1v) is 8.49. The number of hydrogen-bond acceptors (Lipinski definition) is 4. The zero-order valence-corrected chi connectivity index (χ0v) is 17.2. The minimum absolute atomic E-state index is 0. The molecule has 2 heterocycles. The summed E-state index contributed by atoms with van der Waals surface area (Å²) >= 11 is 0. The maximum absolute atomic E-state index is 5.93. The molecule has 3 rings (SSSR count). The van der Waals surface area contributed by atoms with Crippen molar-refractivity contribution in [2.24, 2.45) is 4.99 Å². The number of halogens is 1. The number of nitrogens with zero attached hydrogens (tertiary/aromatic N) is 2. The van der Waals surface area contributed by atoms with Crippen LogP contribution in [0.25, 0.3) is 11.0 Å². The smallest absolute Gasteiger partial charge is 0.191 e. The predicted octanol–water partition coefficient (Wildman–Crippen LogP) is 2.36. The van der Waals surface area contributed by atoms with E-state index in [9.17, 15) is 0 Å². The topological polar surface area (TPSA) is 62.0 Å². The summed E-state index contributed by atoms with van der Waals surface area (Å²) in [6, 6.07) is 8.12. The molecular weight excluding hydrogens is 431 g/mol. The van der Waals surface area contributed by atoms with E-state index >= 15 is 0 Å². The summed E-state index contributed by atoms with van der Waals surface area (Å²) in [7, 11) is 1.79. The normalized spacial score (nSPS) is 15.8. The number of furan rings is 1. The van der Waals surface area contributed by atoms with E-state index in [1.807, 2.05) is 18.2 Å². The van der Waals surface area contributed by atoms with E-state index in [1.54, 1.807) is 7.05 Å². The van der Waals surface area contributed by atoms with Gasteiger partial charge < -0.3 is 19.8 Å². The van der Waals surface area contributed by atoms with Gasteiger partial charge in [0, 0.05) is 44.2 Å². The van der Waals surface area contributed by atoms with Crippen LogP contribution in [0.5, 0.6) is 0 Å². The van der Waals surface area contributed by atoms with Gasteiger partial charge in [-0.2, -0.15) is 0 Å². The minimum Gasteiger partial charge on any atom is -0.459 e. The van der Waals surface area contributed by atoms with E-state index in [1.165, 1.54) is 10.9 Å². The maximum Gasteiger partial charge on any atom is 0.191 e. The van der Waals surface area contributed by atoms with Gasteiger partial charge in [0.05, 0.1) is 19.8 Å². The second-order valence-corrected chi connectivity index (χ2v) is 5.95. The van der Waals surface area contributed by atoms with Gasteiger partial charge in [0.15, 0.2) is 5.96 Å². The van der Waals surface area contributed by atoms with Crippen LogP contribution < -0.4 is 10.6 Å². The first kappa shape index (κ1) is 20.0. The average molecular weight is 458 g/mol. The quantitative estimate of drug-likeness (QED) is 0.410. The minimum atomic E-state index is 0. The molecule has 0 spiro atoms. The predicted molar refractivity (Wildman–Crippen MR) is 112 cm³/mol. The van der Waals surface area contributed by atoms with Gasteiger partial charge in [0.2, 0.25) is 0 Å². The van der Waals surface area contributed by atoms with Gasteiger partial charge in [0.25, 0.3) is 0 Å². The molecule has 0 bridgehead atoms. The lowest BCUT2D eigenvalue weighted by molar-refractivity contribution is 0.0389. The zero-order chi connectivity index (χ0) is 16.8. The molecule has 1 aromatic heterocycles. The van der Waals surface area contributed by atoms with Gasteiger partial charge >= 0.3 is 0 Å². The second-order valence-electron chi connectivity index (χ2n) is 5.95. The van der Waals surface area contributed by atoms with Gasteiger partial charge in [-0.1, -0.05) is 18.2 Å². The van der Waals surface area contributed by atoms with Crippen LogP contribution in [0.4, 0.5) is 0 Å². The van der Waals surface area contributed by atoms with Gasteiger partial charge in [0.1, 0.15) is 11.3 Å². The van der Waals surface area contributed by atoms with E-state index in [2.05, 4.69) is 33.5 Å². The number of benzene rings is 1. The summed E-state index contributed by atoms with van der Waals surface area (Å²) in [6.45, 7) is 8.25. The van der Waals surface area contributed by atoms with Gasteiger partial charge in [-0.15, -0.1) is 24.0 Å². The lowest BCUT2D eigenvalue weighted by atomic mass is 10.1. The van der Waals surface area contributed by atoms with Gasteiger partial charge in [-0.25, -0.2) is 0 Å². The van der Waals surface area contributed by atoms with Crippen LogP contribution in [-0.4, -0.2) is 57.3 Å². The SMILES string of the molecule is CN=C(NCCN1CCOCC1)NCc1oc2ccccc2c1C.I. The van der Waals surface area contributed by atoms with Crippen LogP contribution in [-0.2, 0) is 11.3 Å². The summed E-state index contributed by atoms with van der Waals surface area (Å²) < 4.78 is 11.3. The average Bonchev–Trinajstić information content (AvgIpc) is 2.95. The van der Waals surface area contributed by atoms with Crippen molar-refractivity contribution in [3.63, 3.8) is 0 Å². The van der Waals surface area contributed by atoms with Crippen LogP contribution >= 0.6 is 24.0 Å². The fourth-order valence-electron chi connectivity index (χ4n) is 2.94. The molecule has 1 aliphatic heterocycles. The Balaban J connectivity index is 0.00000225. The monoisotopic (exact) mass is 458 g/mol. The fourth-order valence-corrected chi connectivity index (χ4v) is 2.94. The molecule has 0 atom stereocenters. The van der Waals surface area contributed by atoms with Gasteiger partial charge in [-0.05, 0) is 13.0 Å². The van der Waals surface area contributed by atoms with Crippen molar-refractivity contribution >= 4 is 40.9 Å². The van der Waals surface area contributed by atoms with E-state index in [0.717, 1.165) is 56.7 Å². The van der Waals surface area contributed by atoms with E-state index in [4.69, 9.17) is 9.15 Å². The molecule has 7 heteroatoms. The summed E-state index contributed by atoms with van der Waals surface area (Å²) in [5.74, 6) is 1.75. The molecule has 0 amide bonds. The number of morpholine rings is 1. The number of aryl methyl sites for hydroxylation is 1. The standard InChI is InChI=1S/C18H26N4O2.HI/c1-14-15-5-3-4-6-16(15)24-17(14)13-21-18(19-2)20-7-8-22-9-11-23-12-10-22;/h3-6H,7-13H2,1-2H3,(H2,19,20,21);1H. The Morgan fingerprint density at radius 1 is 1.20 bits per heavy atom. The third kappa shape index (κ3) is 5.32. The third-order valence-electron chi connectivity index (χ3n) is 4.41. The number of aliphatic imine (C=N–C) groups is 1. The Morgan fingerprint density at radius 3 is 2.68 bits per heavy atom. The lowest BCUT2D eigenvalue weighted by Gasteiger charge is -2.26. The van der Waals surface area contributed by atoms with Crippen LogP contribution in [0.3, 0.4) is 0 Å². The molecule has 138 valence electrons. The number of ether oxygens (including phenoxy) is 1. The molecule has 2 N–H and O–H groups in total. The summed E-state index contributed by atoms with van der Waals surface area (Å²) in [5.41, 5.74) is 2.11. The number of para-hydroxylation sites is 1. The zero-order valence-electron chi connectivity index (χ0n) is 14.9. The van der Waals surface area contributed by atoms with Crippen molar-refractivity contribution in [3.05, 3.63) is 35.6 Å². The van der Waals surface area contributed by atoms with Crippen LogP contribution in [0, 0.1) is 6.92 Å².